The lowest BCUT2D eigenvalue weighted by atomic mass is 10.1. The molecule has 1 unspecified atom stereocenters. The van der Waals surface area contributed by atoms with Crippen molar-refractivity contribution < 1.29 is 19.1 Å². The normalized spacial score (nSPS) is 11.9. The molecule has 0 aliphatic heterocycles. The van der Waals surface area contributed by atoms with Gasteiger partial charge >= 0.3 is 5.97 Å². The zero-order valence-electron chi connectivity index (χ0n) is 9.68. The Balaban J connectivity index is 3.17. The number of primary amides is 1. The highest BCUT2D eigenvalue weighted by Gasteiger charge is 2.20. The number of nitrogens with zero attached hydrogens (tertiary/aromatic N) is 1. The molecule has 1 heterocycles. The van der Waals surface area contributed by atoms with Crippen LogP contribution in [-0.4, -0.2) is 43.2 Å². The number of rotatable bonds is 5. The quantitative estimate of drug-likeness (QED) is 0.570. The van der Waals surface area contributed by atoms with Gasteiger partial charge in [-0.05, 0) is 0 Å². The second-order valence-electron chi connectivity index (χ2n) is 3.66. The van der Waals surface area contributed by atoms with Crippen molar-refractivity contribution in [2.75, 3.05) is 0 Å². The molecule has 0 aliphatic rings. The molecule has 18 heavy (non-hydrogen) atoms. The number of carboxylic acids is 1. The summed E-state index contributed by atoms with van der Waals surface area (Å²) in [6.07, 6.45) is 0.927. The first kappa shape index (κ1) is 14.6. The zero-order chi connectivity index (χ0) is 13.9. The number of nitrogens with two attached hydrogens (primary N) is 2. The van der Waals surface area contributed by atoms with E-state index >= 15 is 0 Å². The van der Waals surface area contributed by atoms with Crippen LogP contribution in [-0.2, 0) is 11.2 Å². The summed E-state index contributed by atoms with van der Waals surface area (Å²) in [6.45, 7) is 0. The third-order valence-corrected chi connectivity index (χ3v) is 3.51. The number of aliphatic carboxylic acids is 1. The number of hydrogen-bond acceptors (Lipinski definition) is 4. The van der Waals surface area contributed by atoms with E-state index in [0.29, 0.717) is 0 Å². The van der Waals surface area contributed by atoms with E-state index in [-0.39, 0.29) is 22.1 Å². The maximum absolute atomic E-state index is 14.0. The molecule has 0 fully saturated rings. The van der Waals surface area contributed by atoms with E-state index in [0.717, 1.165) is 6.20 Å². The Morgan fingerprint density at radius 3 is 2.67 bits per heavy atom. The number of aromatic nitrogens is 1. The van der Waals surface area contributed by atoms with Crippen LogP contribution < -0.4 is 15.9 Å². The van der Waals surface area contributed by atoms with Gasteiger partial charge in [-0.1, -0.05) is 4.43 Å². The average molecular weight is 268 g/mol. The largest absolute Gasteiger partial charge is 0.480 e. The molecule has 95 valence electrons. The molecule has 1 aromatic heterocycles. The minimum Gasteiger partial charge on any atom is -0.480 e. The van der Waals surface area contributed by atoms with Crippen LogP contribution in [0.2, 0.25) is 5.79 Å². The Morgan fingerprint density at radius 1 is 1.61 bits per heavy atom. The van der Waals surface area contributed by atoms with Gasteiger partial charge in [-0.25, -0.2) is 4.39 Å². The molecule has 0 aliphatic carbocycles. The van der Waals surface area contributed by atoms with Crippen LogP contribution in [0.5, 0.6) is 0 Å². The molecule has 0 saturated carbocycles. The van der Waals surface area contributed by atoms with Gasteiger partial charge in [-0.2, -0.15) is 0 Å². The molecule has 1 amide bonds. The lowest BCUT2D eigenvalue weighted by Crippen LogP contribution is -2.35. The van der Waals surface area contributed by atoms with Gasteiger partial charge in [-0.15, -0.1) is 5.79 Å². The number of amides is 1. The van der Waals surface area contributed by atoms with E-state index < -0.39 is 39.0 Å². The summed E-state index contributed by atoms with van der Waals surface area (Å²) < 4.78 is 14.2. The van der Waals surface area contributed by atoms with Crippen LogP contribution in [0.3, 0.4) is 0 Å². The second-order valence-corrected chi connectivity index (χ2v) is 4.82. The van der Waals surface area contributed by atoms with Gasteiger partial charge in [0.15, 0.2) is 0 Å². The first-order valence-corrected chi connectivity index (χ1v) is 6.86. The maximum Gasteiger partial charge on any atom is 0.320 e. The molecule has 8 heteroatoms. The number of halogens is 1. The third kappa shape index (κ3) is 3.04. The summed E-state index contributed by atoms with van der Waals surface area (Å²) in [4.78, 5) is 25.5. The Bertz CT molecular complexity index is 496. The number of carbonyl (C=O) groups is 2. The van der Waals surface area contributed by atoms with Gasteiger partial charge < -0.3 is 16.6 Å². The topological polar surface area (TPSA) is 119 Å². The van der Waals surface area contributed by atoms with Gasteiger partial charge in [0.05, 0.1) is 0 Å². The predicted molar refractivity (Wildman–Crippen MR) is 63.3 cm³/mol. The van der Waals surface area contributed by atoms with Gasteiger partial charge in [-0.3, -0.25) is 14.6 Å². The second kappa shape index (κ2) is 5.91. The average Bonchev–Trinajstić information content (AvgIpc) is 2.30. The van der Waals surface area contributed by atoms with Gasteiger partial charge in [0, 0.05) is 18.2 Å². The summed E-state index contributed by atoms with van der Waals surface area (Å²) in [5.74, 6) is -0.924. The molecular formula is C10H12AlFN3O3. The standard InChI is InChI=1S/C9H9FN3O3.CH3.Al/c10-5-2-7(8(12)14)13-3-4(5)1-6(11)9(15)16;;/h3,6H,1,11H2,(H2,12,14)(H,15,16);1H3;. The summed E-state index contributed by atoms with van der Waals surface area (Å²) in [5.41, 5.74) is 10.4. The third-order valence-electron chi connectivity index (χ3n) is 2.40. The first-order chi connectivity index (χ1) is 8.38. The summed E-state index contributed by atoms with van der Waals surface area (Å²) in [7, 11) is 0. The molecule has 1 rings (SSSR count). The SMILES string of the molecule is [CH3][Al][c]1c(C(N)=O)ncc(CC(N)C(=O)O)c1F. The molecule has 0 saturated heterocycles. The summed E-state index contributed by atoms with van der Waals surface area (Å²) >= 11 is -0.515. The van der Waals surface area contributed by atoms with E-state index in [1.165, 1.54) is 0 Å². The summed E-state index contributed by atoms with van der Waals surface area (Å²) in [6, 6.07) is -1.21. The molecule has 5 N–H and O–H groups in total. The first-order valence-electron chi connectivity index (χ1n) is 5.13. The molecular weight excluding hydrogens is 256 g/mol. The molecule has 1 radical (unpaired) electrons. The van der Waals surface area contributed by atoms with Gasteiger partial charge in [0.25, 0.3) is 21.1 Å². The molecule has 1 aromatic rings. The highest BCUT2D eigenvalue weighted by molar-refractivity contribution is 6.54. The fourth-order valence-corrected chi connectivity index (χ4v) is 2.40. The van der Waals surface area contributed by atoms with Crippen molar-refractivity contribution in [2.24, 2.45) is 11.5 Å². The zero-order valence-corrected chi connectivity index (χ0v) is 10.8. The molecule has 0 spiro atoms. The number of carbonyl (C=O) groups excluding carboxylic acids is 1. The van der Waals surface area contributed by atoms with Crippen molar-refractivity contribution in [1.82, 2.24) is 4.98 Å². The molecule has 1 atom stereocenters. The fourth-order valence-electron chi connectivity index (χ4n) is 1.47. The highest BCUT2D eigenvalue weighted by atomic mass is 27.1. The van der Waals surface area contributed by atoms with E-state index in [1.807, 2.05) is 0 Å². The van der Waals surface area contributed by atoms with Crippen molar-refractivity contribution >= 4 is 31.5 Å². The number of pyridine rings is 1. The fraction of sp³-hybridized carbons (Fsp3) is 0.300. The predicted octanol–water partition coefficient (Wildman–Crippen LogP) is -1.35. The lowest BCUT2D eigenvalue weighted by molar-refractivity contribution is -0.138. The van der Waals surface area contributed by atoms with Gasteiger partial charge in [0.2, 0.25) is 0 Å². The Morgan fingerprint density at radius 2 is 2.22 bits per heavy atom. The van der Waals surface area contributed by atoms with Crippen molar-refractivity contribution in [3.8, 4) is 0 Å². The van der Waals surface area contributed by atoms with Crippen LogP contribution in [0.25, 0.3) is 0 Å². The van der Waals surface area contributed by atoms with Crippen molar-refractivity contribution in [2.45, 2.75) is 18.2 Å². The minimum atomic E-state index is -1.22. The molecule has 6 nitrogen and oxygen atoms in total. The highest BCUT2D eigenvalue weighted by Crippen LogP contribution is 2.08. The van der Waals surface area contributed by atoms with Crippen LogP contribution in [0.15, 0.2) is 6.20 Å². The number of hydrogen-bond donors (Lipinski definition) is 3. The molecule has 0 bridgehead atoms. The van der Waals surface area contributed by atoms with Crippen LogP contribution in [0, 0.1) is 5.82 Å². The van der Waals surface area contributed by atoms with Crippen molar-refractivity contribution in [3.63, 3.8) is 0 Å². The van der Waals surface area contributed by atoms with E-state index in [9.17, 15) is 14.0 Å². The van der Waals surface area contributed by atoms with Crippen LogP contribution in [0.1, 0.15) is 16.1 Å². The van der Waals surface area contributed by atoms with E-state index in [2.05, 4.69) is 4.98 Å². The van der Waals surface area contributed by atoms with E-state index in [1.54, 1.807) is 5.79 Å². The number of carboxylic acid groups (broad SMARTS) is 1. The lowest BCUT2D eigenvalue weighted by Gasteiger charge is -2.11. The minimum absolute atomic E-state index is 0.0826. The smallest absolute Gasteiger partial charge is 0.320 e. The van der Waals surface area contributed by atoms with Crippen LogP contribution in [0.4, 0.5) is 4.39 Å². The van der Waals surface area contributed by atoms with Crippen molar-refractivity contribution in [3.05, 3.63) is 23.3 Å². The summed E-state index contributed by atoms with van der Waals surface area (Å²) in [5, 5.41) is 8.67. The Labute approximate surface area is 109 Å². The van der Waals surface area contributed by atoms with Crippen molar-refractivity contribution in [1.29, 1.82) is 0 Å². The monoisotopic (exact) mass is 268 g/mol. The van der Waals surface area contributed by atoms with Crippen LogP contribution >= 0.6 is 0 Å². The Hall–Kier alpha value is -1.49. The maximum atomic E-state index is 14.0. The molecule has 0 aromatic carbocycles. The van der Waals surface area contributed by atoms with E-state index in [4.69, 9.17) is 16.6 Å². The Kier molecular flexibility index (Phi) is 4.78. The van der Waals surface area contributed by atoms with Gasteiger partial charge in [0.1, 0.15) is 17.6 Å².